The zero-order chi connectivity index (χ0) is 22.3. The van der Waals surface area contributed by atoms with Crippen LogP contribution in [0.25, 0.3) is 0 Å². The first-order chi connectivity index (χ1) is 14.3. The number of hydrogen-bond donors (Lipinski definition) is 1. The first-order valence-corrected chi connectivity index (χ1v) is 13.7. The second kappa shape index (κ2) is 11.1. The summed E-state index contributed by atoms with van der Waals surface area (Å²) in [6, 6.07) is 12.5. The van der Waals surface area contributed by atoms with Crippen molar-refractivity contribution in [2.45, 2.75) is 71.3 Å². The quantitative estimate of drug-likeness (QED) is 0.526. The number of benzene rings is 1. The highest BCUT2D eigenvalue weighted by atomic mass is 28.4. The van der Waals surface area contributed by atoms with Crippen LogP contribution in [-0.4, -0.2) is 55.7 Å². The van der Waals surface area contributed by atoms with Crippen LogP contribution >= 0.6 is 0 Å². The second-order valence-corrected chi connectivity index (χ2v) is 13.2. The van der Waals surface area contributed by atoms with Crippen LogP contribution in [0, 0.1) is 11.8 Å². The maximum absolute atomic E-state index is 13.1. The molecule has 0 aromatic heterocycles. The van der Waals surface area contributed by atoms with Crippen LogP contribution in [0.5, 0.6) is 0 Å². The molecule has 7 heteroatoms. The van der Waals surface area contributed by atoms with Crippen molar-refractivity contribution in [2.75, 3.05) is 13.2 Å². The third-order valence-corrected chi connectivity index (χ3v) is 11.2. The van der Waals surface area contributed by atoms with E-state index in [1.807, 2.05) is 37.3 Å². The number of carbonyl (C=O) groups is 2. The molecule has 1 aliphatic rings. The fourth-order valence-electron chi connectivity index (χ4n) is 4.09. The van der Waals surface area contributed by atoms with Gasteiger partial charge < -0.3 is 14.3 Å². The zero-order valence-electron chi connectivity index (χ0n) is 19.0. The third-order valence-electron chi connectivity index (χ3n) is 6.58. The van der Waals surface area contributed by atoms with E-state index in [2.05, 4.69) is 20.8 Å². The molecule has 2 rings (SSSR count). The SMILES string of the molecule is CC[Si](CC)(CC)OC[C@@H](C)[C@H](O)[C@@H](C)C(=O)N1C(=O)OC[C@H]1Cc1ccccc1. The Bertz CT molecular complexity index is 686. The average Bonchev–Trinajstić information content (AvgIpc) is 3.13. The van der Waals surface area contributed by atoms with Gasteiger partial charge in [-0.3, -0.25) is 4.79 Å². The number of carbonyl (C=O) groups excluding carboxylic acids is 2. The van der Waals surface area contributed by atoms with Gasteiger partial charge in [0.1, 0.15) is 6.61 Å². The van der Waals surface area contributed by atoms with Gasteiger partial charge in [0.15, 0.2) is 8.32 Å². The number of aliphatic hydroxyl groups excluding tert-OH is 1. The van der Waals surface area contributed by atoms with Crippen molar-refractivity contribution in [3.05, 3.63) is 35.9 Å². The number of hydrogen-bond acceptors (Lipinski definition) is 5. The molecule has 1 saturated heterocycles. The Balaban J connectivity index is 2.02. The molecule has 0 spiro atoms. The van der Waals surface area contributed by atoms with Gasteiger partial charge in [-0.1, -0.05) is 65.0 Å². The van der Waals surface area contributed by atoms with Gasteiger partial charge in [0.05, 0.1) is 18.1 Å². The van der Waals surface area contributed by atoms with E-state index in [9.17, 15) is 14.7 Å². The molecule has 1 heterocycles. The van der Waals surface area contributed by atoms with Gasteiger partial charge in [-0.2, -0.15) is 0 Å². The summed E-state index contributed by atoms with van der Waals surface area (Å²) in [5, 5.41) is 10.8. The summed E-state index contributed by atoms with van der Waals surface area (Å²) >= 11 is 0. The van der Waals surface area contributed by atoms with Gasteiger partial charge in [-0.15, -0.1) is 0 Å². The lowest BCUT2D eigenvalue weighted by Gasteiger charge is -2.32. The Morgan fingerprint density at radius 1 is 1.20 bits per heavy atom. The minimum absolute atomic E-state index is 0.179. The fraction of sp³-hybridized carbons (Fsp3) is 0.652. The summed E-state index contributed by atoms with van der Waals surface area (Å²) in [7, 11) is -1.76. The van der Waals surface area contributed by atoms with Gasteiger partial charge >= 0.3 is 6.09 Å². The second-order valence-electron chi connectivity index (χ2n) is 8.44. The molecule has 1 aromatic carbocycles. The lowest BCUT2D eigenvalue weighted by Crippen LogP contribution is -2.47. The molecule has 0 unspecified atom stereocenters. The van der Waals surface area contributed by atoms with E-state index in [1.165, 1.54) is 4.90 Å². The van der Waals surface area contributed by atoms with Crippen LogP contribution in [0.3, 0.4) is 0 Å². The van der Waals surface area contributed by atoms with Gasteiger partial charge in [0.25, 0.3) is 0 Å². The van der Waals surface area contributed by atoms with Crippen LogP contribution in [0.4, 0.5) is 4.79 Å². The maximum atomic E-state index is 13.1. The van der Waals surface area contributed by atoms with E-state index >= 15 is 0 Å². The van der Waals surface area contributed by atoms with Gasteiger partial charge in [0, 0.05) is 12.5 Å². The summed E-state index contributed by atoms with van der Waals surface area (Å²) in [5.41, 5.74) is 1.04. The van der Waals surface area contributed by atoms with Crippen molar-refractivity contribution < 1.29 is 23.9 Å². The van der Waals surface area contributed by atoms with Crippen LogP contribution < -0.4 is 0 Å². The Morgan fingerprint density at radius 3 is 2.37 bits per heavy atom. The molecule has 168 valence electrons. The highest BCUT2D eigenvalue weighted by Crippen LogP contribution is 2.26. The average molecular weight is 436 g/mol. The summed E-state index contributed by atoms with van der Waals surface area (Å²) in [6.07, 6.45) is -0.976. The molecular formula is C23H37NO5Si. The molecule has 1 fully saturated rings. The highest BCUT2D eigenvalue weighted by Gasteiger charge is 2.42. The number of nitrogens with zero attached hydrogens (tertiary/aromatic N) is 1. The van der Waals surface area contributed by atoms with E-state index in [1.54, 1.807) is 6.92 Å². The molecule has 1 N–H and O–H groups in total. The van der Waals surface area contributed by atoms with Crippen LogP contribution in [0.15, 0.2) is 30.3 Å². The predicted molar refractivity (Wildman–Crippen MR) is 120 cm³/mol. The highest BCUT2D eigenvalue weighted by molar-refractivity contribution is 6.73. The molecule has 0 radical (unpaired) electrons. The van der Waals surface area contributed by atoms with E-state index in [0.717, 1.165) is 23.7 Å². The smallest absolute Gasteiger partial charge is 0.416 e. The van der Waals surface area contributed by atoms with Crippen LogP contribution in [0.1, 0.15) is 40.2 Å². The van der Waals surface area contributed by atoms with Crippen LogP contribution in [-0.2, 0) is 20.4 Å². The molecule has 4 atom stereocenters. The first-order valence-electron chi connectivity index (χ1n) is 11.1. The topological polar surface area (TPSA) is 76.1 Å². The monoisotopic (exact) mass is 435 g/mol. The minimum Gasteiger partial charge on any atom is -0.447 e. The van der Waals surface area contributed by atoms with Crippen LogP contribution in [0.2, 0.25) is 18.1 Å². The normalized spacial score (nSPS) is 20.0. The van der Waals surface area contributed by atoms with Crippen molar-refractivity contribution in [1.82, 2.24) is 4.90 Å². The van der Waals surface area contributed by atoms with E-state index in [0.29, 0.717) is 13.0 Å². The summed E-state index contributed by atoms with van der Waals surface area (Å²) in [5.74, 6) is -1.30. The summed E-state index contributed by atoms with van der Waals surface area (Å²) < 4.78 is 11.5. The molecular weight excluding hydrogens is 398 g/mol. The number of imide groups is 1. The Hall–Kier alpha value is -1.70. The Kier molecular flexibility index (Phi) is 9.06. The van der Waals surface area contributed by atoms with E-state index in [4.69, 9.17) is 9.16 Å². The molecule has 2 amide bonds. The van der Waals surface area contributed by atoms with Gasteiger partial charge in [0.2, 0.25) is 5.91 Å². The van der Waals surface area contributed by atoms with Gasteiger partial charge in [-0.05, 0) is 30.1 Å². The summed E-state index contributed by atoms with van der Waals surface area (Å²) in [6.45, 7) is 10.7. The van der Waals surface area contributed by atoms with Crippen molar-refractivity contribution in [2.24, 2.45) is 11.8 Å². The third kappa shape index (κ3) is 5.71. The Labute approximate surface area is 181 Å². The number of rotatable bonds is 11. The number of cyclic esters (lactones) is 1. The molecule has 0 saturated carbocycles. The molecule has 30 heavy (non-hydrogen) atoms. The number of amides is 2. The van der Waals surface area contributed by atoms with E-state index in [-0.39, 0.29) is 24.5 Å². The van der Waals surface area contributed by atoms with Crippen molar-refractivity contribution in [1.29, 1.82) is 0 Å². The van der Waals surface area contributed by atoms with E-state index < -0.39 is 26.4 Å². The van der Waals surface area contributed by atoms with Crippen molar-refractivity contribution in [3.63, 3.8) is 0 Å². The van der Waals surface area contributed by atoms with Gasteiger partial charge in [-0.25, -0.2) is 9.69 Å². The zero-order valence-corrected chi connectivity index (χ0v) is 20.0. The molecule has 1 aromatic rings. The van der Waals surface area contributed by atoms with Crippen molar-refractivity contribution >= 4 is 20.3 Å². The lowest BCUT2D eigenvalue weighted by molar-refractivity contribution is -0.137. The maximum Gasteiger partial charge on any atom is 0.416 e. The molecule has 6 nitrogen and oxygen atoms in total. The number of ether oxygens (including phenoxy) is 1. The summed E-state index contributed by atoms with van der Waals surface area (Å²) in [4.78, 5) is 26.6. The largest absolute Gasteiger partial charge is 0.447 e. The Morgan fingerprint density at radius 2 is 1.80 bits per heavy atom. The first kappa shape index (κ1) is 24.6. The van der Waals surface area contributed by atoms with Crippen molar-refractivity contribution in [3.8, 4) is 0 Å². The lowest BCUT2D eigenvalue weighted by atomic mass is 9.92. The predicted octanol–water partition coefficient (Wildman–Crippen LogP) is 4.23. The molecule has 0 aliphatic carbocycles. The minimum atomic E-state index is -1.76. The number of aliphatic hydroxyl groups is 1. The standard InChI is InChI=1S/C23H37NO5Si/c1-6-30(7-2,8-3)29-15-17(4)21(25)18(5)22(26)24-20(16-28-23(24)27)14-19-12-10-9-11-13-19/h9-13,17-18,20-21,25H,6-8,14-16H2,1-5H3/t17-,18-,20-,21+/m1/s1. The molecule has 0 bridgehead atoms. The fourth-order valence-corrected chi connectivity index (χ4v) is 6.82. The molecule has 1 aliphatic heterocycles.